The van der Waals surface area contributed by atoms with Crippen molar-refractivity contribution in [3.63, 3.8) is 0 Å². The van der Waals surface area contributed by atoms with Crippen molar-refractivity contribution in [1.29, 1.82) is 0 Å². The molecule has 0 spiro atoms. The van der Waals surface area contributed by atoms with E-state index in [0.29, 0.717) is 16.3 Å². The summed E-state index contributed by atoms with van der Waals surface area (Å²) in [5, 5.41) is 3.56. The second-order valence-corrected chi connectivity index (χ2v) is 5.49. The molecule has 3 rings (SSSR count). The van der Waals surface area contributed by atoms with Crippen LogP contribution in [0.1, 0.15) is 15.9 Å². The summed E-state index contributed by atoms with van der Waals surface area (Å²) in [4.78, 5) is 20.8. The van der Waals surface area contributed by atoms with E-state index in [1.54, 1.807) is 30.5 Å². The van der Waals surface area contributed by atoms with Gasteiger partial charge in [-0.3, -0.25) is 4.79 Å². The molecule has 0 atom stereocenters. The minimum atomic E-state index is -0.190. The van der Waals surface area contributed by atoms with Gasteiger partial charge in [-0.2, -0.15) is 0 Å². The molecule has 1 N–H and O–H groups in total. The average molecular weight is 324 g/mol. The SMILES string of the molecule is Cc1cc(Cl)ccc1NC(=O)c1ccccc1-c1ccncn1. The highest BCUT2D eigenvalue weighted by Gasteiger charge is 2.14. The van der Waals surface area contributed by atoms with E-state index in [4.69, 9.17) is 11.6 Å². The Hall–Kier alpha value is -2.72. The fraction of sp³-hybridized carbons (Fsp3) is 0.0556. The number of aryl methyl sites for hydroxylation is 1. The van der Waals surface area contributed by atoms with Gasteiger partial charge in [-0.15, -0.1) is 0 Å². The van der Waals surface area contributed by atoms with Crippen LogP contribution in [0, 0.1) is 6.92 Å². The number of rotatable bonds is 3. The molecule has 0 aliphatic carbocycles. The van der Waals surface area contributed by atoms with Gasteiger partial charge in [0.15, 0.2) is 0 Å². The van der Waals surface area contributed by atoms with Crippen molar-refractivity contribution in [2.24, 2.45) is 0 Å². The van der Waals surface area contributed by atoms with Crippen LogP contribution >= 0.6 is 11.6 Å². The van der Waals surface area contributed by atoms with Crippen LogP contribution in [0.2, 0.25) is 5.02 Å². The summed E-state index contributed by atoms with van der Waals surface area (Å²) in [7, 11) is 0. The zero-order chi connectivity index (χ0) is 16.2. The summed E-state index contributed by atoms with van der Waals surface area (Å²) in [6.45, 7) is 1.90. The van der Waals surface area contributed by atoms with Gasteiger partial charge in [0.05, 0.1) is 5.69 Å². The zero-order valence-electron chi connectivity index (χ0n) is 12.5. The number of aromatic nitrogens is 2. The highest BCUT2D eigenvalue weighted by Crippen LogP contribution is 2.24. The lowest BCUT2D eigenvalue weighted by Gasteiger charge is -2.11. The molecule has 0 bridgehead atoms. The van der Waals surface area contributed by atoms with Crippen molar-refractivity contribution in [3.05, 3.63) is 77.2 Å². The minimum absolute atomic E-state index is 0.190. The Morgan fingerprint density at radius 3 is 2.70 bits per heavy atom. The Balaban J connectivity index is 1.94. The van der Waals surface area contributed by atoms with Crippen molar-refractivity contribution in [2.45, 2.75) is 6.92 Å². The highest BCUT2D eigenvalue weighted by molar-refractivity contribution is 6.30. The van der Waals surface area contributed by atoms with Crippen molar-refractivity contribution >= 4 is 23.2 Å². The number of nitrogens with one attached hydrogen (secondary N) is 1. The highest BCUT2D eigenvalue weighted by atomic mass is 35.5. The van der Waals surface area contributed by atoms with Crippen molar-refractivity contribution in [1.82, 2.24) is 9.97 Å². The number of hydrogen-bond acceptors (Lipinski definition) is 3. The number of anilines is 1. The second kappa shape index (κ2) is 6.58. The molecule has 0 fully saturated rings. The van der Waals surface area contributed by atoms with Gasteiger partial charge in [-0.25, -0.2) is 9.97 Å². The maximum absolute atomic E-state index is 12.7. The zero-order valence-corrected chi connectivity index (χ0v) is 13.2. The number of carbonyl (C=O) groups is 1. The quantitative estimate of drug-likeness (QED) is 0.779. The van der Waals surface area contributed by atoms with Crippen LogP contribution in [0.3, 0.4) is 0 Å². The van der Waals surface area contributed by atoms with Gasteiger partial charge in [0, 0.05) is 28.0 Å². The monoisotopic (exact) mass is 323 g/mol. The van der Waals surface area contributed by atoms with Gasteiger partial charge in [-0.05, 0) is 42.8 Å². The molecule has 1 aromatic heterocycles. The van der Waals surface area contributed by atoms with Crippen LogP contribution in [-0.2, 0) is 0 Å². The third-order valence-corrected chi connectivity index (χ3v) is 3.70. The van der Waals surface area contributed by atoms with Gasteiger partial charge in [0.1, 0.15) is 6.33 Å². The normalized spacial score (nSPS) is 10.3. The fourth-order valence-corrected chi connectivity index (χ4v) is 2.54. The van der Waals surface area contributed by atoms with E-state index in [1.807, 2.05) is 31.2 Å². The number of nitrogens with zero attached hydrogens (tertiary/aromatic N) is 2. The summed E-state index contributed by atoms with van der Waals surface area (Å²) in [5.74, 6) is -0.190. The van der Waals surface area contributed by atoms with Crippen LogP contribution in [0.5, 0.6) is 0 Å². The number of hydrogen-bond donors (Lipinski definition) is 1. The molecule has 1 heterocycles. The molecule has 3 aromatic rings. The lowest BCUT2D eigenvalue weighted by Crippen LogP contribution is -2.14. The maximum atomic E-state index is 12.7. The molecule has 0 saturated heterocycles. The number of benzene rings is 2. The maximum Gasteiger partial charge on any atom is 0.256 e. The molecule has 114 valence electrons. The van der Waals surface area contributed by atoms with E-state index >= 15 is 0 Å². The summed E-state index contributed by atoms with van der Waals surface area (Å²) in [5.41, 5.74) is 3.67. The van der Waals surface area contributed by atoms with E-state index in [-0.39, 0.29) is 5.91 Å². The second-order valence-electron chi connectivity index (χ2n) is 5.05. The van der Waals surface area contributed by atoms with Crippen LogP contribution in [-0.4, -0.2) is 15.9 Å². The molecule has 0 aliphatic heterocycles. The lowest BCUT2D eigenvalue weighted by molar-refractivity contribution is 0.102. The van der Waals surface area contributed by atoms with Crippen molar-refractivity contribution < 1.29 is 4.79 Å². The first-order valence-corrected chi connectivity index (χ1v) is 7.46. The Morgan fingerprint density at radius 2 is 1.96 bits per heavy atom. The summed E-state index contributed by atoms with van der Waals surface area (Å²) >= 11 is 5.95. The van der Waals surface area contributed by atoms with Crippen LogP contribution in [0.4, 0.5) is 5.69 Å². The Bertz CT molecular complexity index is 850. The molecule has 4 nitrogen and oxygen atoms in total. The summed E-state index contributed by atoms with van der Waals surface area (Å²) in [6.07, 6.45) is 3.12. The first-order chi connectivity index (χ1) is 11.1. The largest absolute Gasteiger partial charge is 0.322 e. The Kier molecular flexibility index (Phi) is 4.35. The van der Waals surface area contributed by atoms with E-state index in [2.05, 4.69) is 15.3 Å². The van der Waals surface area contributed by atoms with Gasteiger partial charge in [0.25, 0.3) is 5.91 Å². The third kappa shape index (κ3) is 3.38. The first kappa shape index (κ1) is 15.2. The Morgan fingerprint density at radius 1 is 1.13 bits per heavy atom. The van der Waals surface area contributed by atoms with Crippen molar-refractivity contribution in [3.8, 4) is 11.3 Å². The molecular formula is C18H14ClN3O. The van der Waals surface area contributed by atoms with Crippen LogP contribution in [0.25, 0.3) is 11.3 Å². The van der Waals surface area contributed by atoms with Gasteiger partial charge >= 0.3 is 0 Å². The minimum Gasteiger partial charge on any atom is -0.322 e. The van der Waals surface area contributed by atoms with Gasteiger partial charge < -0.3 is 5.32 Å². The van der Waals surface area contributed by atoms with Crippen molar-refractivity contribution in [2.75, 3.05) is 5.32 Å². The van der Waals surface area contributed by atoms with E-state index in [9.17, 15) is 4.79 Å². The van der Waals surface area contributed by atoms with Gasteiger partial charge in [-0.1, -0.05) is 29.8 Å². The number of halogens is 1. The fourth-order valence-electron chi connectivity index (χ4n) is 2.31. The topological polar surface area (TPSA) is 54.9 Å². The molecule has 0 aliphatic rings. The van der Waals surface area contributed by atoms with E-state index < -0.39 is 0 Å². The number of carbonyl (C=O) groups excluding carboxylic acids is 1. The first-order valence-electron chi connectivity index (χ1n) is 7.08. The Labute approximate surface area is 139 Å². The molecule has 0 radical (unpaired) electrons. The predicted octanol–water partition coefficient (Wildman–Crippen LogP) is 4.36. The smallest absolute Gasteiger partial charge is 0.256 e. The number of amides is 1. The third-order valence-electron chi connectivity index (χ3n) is 3.47. The average Bonchev–Trinajstić information content (AvgIpc) is 2.58. The molecule has 23 heavy (non-hydrogen) atoms. The van der Waals surface area contributed by atoms with Crippen LogP contribution in [0.15, 0.2) is 61.1 Å². The van der Waals surface area contributed by atoms with E-state index in [0.717, 1.165) is 16.8 Å². The molecule has 2 aromatic carbocycles. The lowest BCUT2D eigenvalue weighted by atomic mass is 10.0. The van der Waals surface area contributed by atoms with Gasteiger partial charge in [0.2, 0.25) is 0 Å². The summed E-state index contributed by atoms with van der Waals surface area (Å²) < 4.78 is 0. The van der Waals surface area contributed by atoms with Crippen LogP contribution < -0.4 is 5.32 Å². The predicted molar refractivity (Wildman–Crippen MR) is 91.6 cm³/mol. The molecule has 5 heteroatoms. The molecular weight excluding hydrogens is 310 g/mol. The van der Waals surface area contributed by atoms with E-state index in [1.165, 1.54) is 6.33 Å². The molecule has 0 unspecified atom stereocenters. The standard InChI is InChI=1S/C18H14ClN3O/c1-12-10-13(19)6-7-16(12)22-18(23)15-5-3-2-4-14(15)17-8-9-20-11-21-17/h2-11H,1H3,(H,22,23). The molecule has 0 saturated carbocycles. The molecule has 1 amide bonds. The summed E-state index contributed by atoms with van der Waals surface area (Å²) in [6, 6.07) is 14.5.